The molecule has 64 heavy (non-hydrogen) atoms. The van der Waals surface area contributed by atoms with Crippen LogP contribution < -0.4 is 21.5 Å². The molecule has 15 nitrogen and oxygen atoms in total. The van der Waals surface area contributed by atoms with Gasteiger partial charge in [-0.05, 0) is 59.9 Å². The first-order chi connectivity index (χ1) is 30.2. The van der Waals surface area contributed by atoms with Gasteiger partial charge in [0.2, 0.25) is 5.56 Å². The van der Waals surface area contributed by atoms with Gasteiger partial charge < -0.3 is 45.7 Å². The van der Waals surface area contributed by atoms with E-state index in [1.807, 2.05) is 66.7 Å². The summed E-state index contributed by atoms with van der Waals surface area (Å²) >= 11 is 0. The number of piperidine rings is 1. The van der Waals surface area contributed by atoms with Crippen molar-refractivity contribution in [1.82, 2.24) is 20.5 Å². The van der Waals surface area contributed by atoms with E-state index in [-0.39, 0.29) is 29.9 Å². The average Bonchev–Trinajstić information content (AvgIpc) is 3.25. The number of carboxylic acid groups (broad SMARTS) is 2. The zero-order chi connectivity index (χ0) is 47.0. The first kappa shape index (κ1) is 49.7. The number of aromatic nitrogens is 1. The van der Waals surface area contributed by atoms with E-state index in [1.165, 1.54) is 12.1 Å². The highest BCUT2D eigenvalue weighted by Crippen LogP contribution is 2.29. The minimum atomic E-state index is -5.08. The Morgan fingerprint density at radius 1 is 0.797 bits per heavy atom. The van der Waals surface area contributed by atoms with Crippen molar-refractivity contribution in [2.75, 3.05) is 38.0 Å². The number of H-pyrrole nitrogens is 1. The molecule has 0 radical (unpaired) electrons. The van der Waals surface area contributed by atoms with E-state index in [4.69, 9.17) is 24.5 Å². The fourth-order valence-electron chi connectivity index (χ4n) is 6.22. The van der Waals surface area contributed by atoms with Crippen LogP contribution in [-0.2, 0) is 20.9 Å². The number of hydrogen-bond donors (Lipinski definition) is 8. The Balaban J connectivity index is 0.000000555. The van der Waals surface area contributed by atoms with E-state index < -0.39 is 36.5 Å². The summed E-state index contributed by atoms with van der Waals surface area (Å²) in [5.74, 6) is -5.72. The number of alkyl halides is 6. The molecule has 1 aromatic heterocycles. The summed E-state index contributed by atoms with van der Waals surface area (Å²) in [6.45, 7) is 3.48. The number of carbonyl (C=O) groups is 4. The molecule has 1 saturated heterocycles. The number of aromatic amines is 1. The molecule has 0 bridgehead atoms. The standard InChI is InChI=1S/C39H41N5O6.2C2HF3O2/c45-34-16-14-31(32-15-17-36(47)43-37(32)34)35(46)25-40-24-26-10-12-28(13-11-26)38(48)41-20-23-44-21-18-29(19-22-44)50-39(49)42-33-9-5-4-8-30(33)27-6-2-1-3-7-27;2*3-2(4,5)1(6)7/h1-17,29,35,40,45-46H,18-25H2,(H,41,48)(H,42,49)(H,43,47);2*(H,6,7)/t35-;;/m0../s1. The van der Waals surface area contributed by atoms with Gasteiger partial charge in [0.15, 0.2) is 0 Å². The smallest absolute Gasteiger partial charge is 0.490 e. The Kier molecular flexibility index (Phi) is 17.8. The largest absolute Gasteiger partial charge is 0.506 e. The summed E-state index contributed by atoms with van der Waals surface area (Å²) in [6.07, 6.45) is -10.2. The second-order valence-electron chi connectivity index (χ2n) is 14.0. The molecule has 4 aromatic carbocycles. The van der Waals surface area contributed by atoms with Crippen LogP contribution in [0.5, 0.6) is 5.75 Å². The van der Waals surface area contributed by atoms with Gasteiger partial charge in [-0.25, -0.2) is 14.4 Å². The first-order valence-corrected chi connectivity index (χ1v) is 19.3. The summed E-state index contributed by atoms with van der Waals surface area (Å²) in [5.41, 5.74) is 4.73. The van der Waals surface area contributed by atoms with Gasteiger partial charge in [0.25, 0.3) is 5.91 Å². The fraction of sp³-hybridized carbons (Fsp3) is 0.279. The minimum absolute atomic E-state index is 0.0545. The van der Waals surface area contributed by atoms with Gasteiger partial charge in [-0.15, -0.1) is 0 Å². The molecular weight excluding hydrogens is 860 g/mol. The Hall–Kier alpha value is -6.97. The number of carboxylic acids is 2. The zero-order valence-electron chi connectivity index (χ0n) is 33.6. The Bertz CT molecular complexity index is 2380. The van der Waals surface area contributed by atoms with Crippen molar-refractivity contribution < 1.29 is 70.7 Å². The number of rotatable bonds is 12. The van der Waals surface area contributed by atoms with Crippen LogP contribution in [0.2, 0.25) is 0 Å². The number of aliphatic hydroxyl groups excluding tert-OH is 1. The van der Waals surface area contributed by atoms with Crippen molar-refractivity contribution in [3.63, 3.8) is 0 Å². The van der Waals surface area contributed by atoms with E-state index in [0.29, 0.717) is 47.4 Å². The third-order valence-electron chi connectivity index (χ3n) is 9.40. The van der Waals surface area contributed by atoms with Crippen molar-refractivity contribution in [3.8, 4) is 16.9 Å². The van der Waals surface area contributed by atoms with Gasteiger partial charge in [-0.2, -0.15) is 26.3 Å². The van der Waals surface area contributed by atoms with E-state index in [2.05, 4.69) is 25.8 Å². The number of aliphatic hydroxyl groups is 1. The van der Waals surface area contributed by atoms with Crippen molar-refractivity contribution >= 4 is 40.5 Å². The van der Waals surface area contributed by atoms with Gasteiger partial charge in [-0.3, -0.25) is 14.9 Å². The molecule has 0 spiro atoms. The van der Waals surface area contributed by atoms with E-state index in [1.54, 1.807) is 24.3 Å². The molecule has 0 aliphatic carbocycles. The molecule has 2 heterocycles. The number of pyridine rings is 1. The maximum atomic E-state index is 12.8. The third kappa shape index (κ3) is 15.4. The van der Waals surface area contributed by atoms with E-state index in [9.17, 15) is 50.9 Å². The van der Waals surface area contributed by atoms with Gasteiger partial charge in [0.1, 0.15) is 11.9 Å². The number of benzene rings is 4. The predicted octanol–water partition coefficient (Wildman–Crippen LogP) is 6.43. The highest BCUT2D eigenvalue weighted by Gasteiger charge is 2.39. The number of anilines is 1. The lowest BCUT2D eigenvalue weighted by Gasteiger charge is -2.31. The van der Waals surface area contributed by atoms with E-state index in [0.717, 1.165) is 42.6 Å². The minimum Gasteiger partial charge on any atom is -0.506 e. The average molecular weight is 904 g/mol. The first-order valence-electron chi connectivity index (χ1n) is 19.3. The molecule has 342 valence electrons. The third-order valence-corrected chi connectivity index (χ3v) is 9.40. The quantitative estimate of drug-likeness (QED) is 0.0634. The molecule has 0 saturated carbocycles. The second kappa shape index (κ2) is 22.9. The number of aromatic hydroxyl groups is 1. The van der Waals surface area contributed by atoms with Gasteiger partial charge in [-0.1, -0.05) is 66.7 Å². The number of halogens is 6. The molecule has 5 aromatic rings. The van der Waals surface area contributed by atoms with E-state index >= 15 is 0 Å². The molecule has 6 rings (SSSR count). The topological polar surface area (TPSA) is 231 Å². The van der Waals surface area contributed by atoms with Gasteiger partial charge >= 0.3 is 30.4 Å². The SMILES string of the molecule is O=C(Nc1ccccc1-c1ccccc1)OC1CCN(CCNC(=O)c2ccc(CNC[C@H](O)c3ccc(O)c4[nH]c(=O)ccc34)cc2)CC1.O=C(O)C(F)(F)F.O=C(O)C(F)(F)F. The molecule has 1 atom stereocenters. The number of fused-ring (bicyclic) bond motifs is 1. The number of para-hydroxylation sites is 1. The highest BCUT2D eigenvalue weighted by molar-refractivity contribution is 5.94. The maximum Gasteiger partial charge on any atom is 0.490 e. The summed E-state index contributed by atoms with van der Waals surface area (Å²) in [5, 5.41) is 44.8. The lowest BCUT2D eigenvalue weighted by Crippen LogP contribution is -2.42. The van der Waals surface area contributed by atoms with Crippen molar-refractivity contribution in [3.05, 3.63) is 130 Å². The number of aliphatic carboxylic acids is 2. The van der Waals surface area contributed by atoms with Crippen LogP contribution in [0.3, 0.4) is 0 Å². The summed E-state index contributed by atoms with van der Waals surface area (Å²) < 4.78 is 69.2. The molecule has 1 aliphatic rings. The molecule has 21 heteroatoms. The predicted molar refractivity (Wildman–Crippen MR) is 221 cm³/mol. The summed E-state index contributed by atoms with van der Waals surface area (Å²) in [7, 11) is 0. The van der Waals surface area contributed by atoms with Gasteiger partial charge in [0, 0.05) is 61.8 Å². The zero-order valence-corrected chi connectivity index (χ0v) is 33.6. The molecule has 2 amide bonds. The summed E-state index contributed by atoms with van der Waals surface area (Å²) in [4.78, 5) is 59.8. The van der Waals surface area contributed by atoms with Gasteiger partial charge in [0.05, 0.1) is 17.3 Å². The monoisotopic (exact) mass is 903 g/mol. The van der Waals surface area contributed by atoms with Crippen molar-refractivity contribution in [2.45, 2.75) is 43.9 Å². The number of nitrogens with zero attached hydrogens (tertiary/aromatic N) is 1. The number of nitrogens with one attached hydrogen (secondary N) is 4. The Labute approximate surface area is 360 Å². The number of likely N-dealkylation sites (tertiary alicyclic amines) is 1. The number of ether oxygens (including phenoxy) is 1. The van der Waals surface area contributed by atoms with Crippen molar-refractivity contribution in [1.29, 1.82) is 0 Å². The fourth-order valence-corrected chi connectivity index (χ4v) is 6.22. The summed E-state index contributed by atoms with van der Waals surface area (Å²) in [6, 6.07) is 30.9. The lowest BCUT2D eigenvalue weighted by atomic mass is 10.0. The van der Waals surface area contributed by atoms with Crippen molar-refractivity contribution in [2.24, 2.45) is 0 Å². The van der Waals surface area contributed by atoms with Crippen LogP contribution >= 0.6 is 0 Å². The highest BCUT2D eigenvalue weighted by atomic mass is 19.4. The normalized spacial score (nSPS) is 13.6. The van der Waals surface area contributed by atoms with Crippen LogP contribution in [0, 0.1) is 0 Å². The molecular formula is C43H43F6N5O10. The number of phenols is 1. The Morgan fingerprint density at radius 2 is 1.39 bits per heavy atom. The molecule has 0 unspecified atom stereocenters. The number of phenolic OH excluding ortho intramolecular Hbond substituents is 1. The van der Waals surface area contributed by atoms with Crippen LogP contribution in [0.15, 0.2) is 108 Å². The maximum absolute atomic E-state index is 12.8. The number of hydrogen-bond acceptors (Lipinski definition) is 10. The number of amides is 2. The van der Waals surface area contributed by atoms with Crippen LogP contribution in [-0.4, -0.2) is 105 Å². The van der Waals surface area contributed by atoms with Crippen LogP contribution in [0.4, 0.5) is 36.8 Å². The van der Waals surface area contributed by atoms with Crippen LogP contribution in [0.1, 0.15) is 40.4 Å². The molecule has 1 fully saturated rings. The van der Waals surface area contributed by atoms with Crippen LogP contribution in [0.25, 0.3) is 22.0 Å². The molecule has 8 N–H and O–H groups in total. The Morgan fingerprint density at radius 3 is 2.00 bits per heavy atom. The number of carbonyl (C=O) groups excluding carboxylic acids is 2. The second-order valence-corrected chi connectivity index (χ2v) is 14.0. The molecule has 1 aliphatic heterocycles. The lowest BCUT2D eigenvalue weighted by molar-refractivity contribution is -0.193.